The molecular formula is C28H25F3N6O2S. The van der Waals surface area contributed by atoms with Crippen LogP contribution in [0, 0.1) is 20.8 Å². The van der Waals surface area contributed by atoms with E-state index >= 15 is 0 Å². The highest BCUT2D eigenvalue weighted by Gasteiger charge is 2.31. The number of hydrogen-bond donors (Lipinski definition) is 1. The van der Waals surface area contributed by atoms with Gasteiger partial charge in [0.1, 0.15) is 17.9 Å². The highest BCUT2D eigenvalue weighted by atomic mass is 32.2. The van der Waals surface area contributed by atoms with E-state index in [1.54, 1.807) is 30.5 Å². The quantitative estimate of drug-likeness (QED) is 0.273. The molecule has 0 aliphatic carbocycles. The number of hydrazone groups is 1. The van der Waals surface area contributed by atoms with Crippen molar-refractivity contribution in [2.75, 3.05) is 5.75 Å². The van der Waals surface area contributed by atoms with Gasteiger partial charge in [0.05, 0.1) is 23.3 Å². The first-order valence-corrected chi connectivity index (χ1v) is 13.0. The van der Waals surface area contributed by atoms with Gasteiger partial charge in [0.25, 0.3) is 5.91 Å². The molecule has 0 radical (unpaired) electrons. The topological polar surface area (TPSA) is 105 Å². The van der Waals surface area contributed by atoms with Gasteiger partial charge in [0, 0.05) is 5.56 Å². The summed E-state index contributed by atoms with van der Waals surface area (Å²) in [5, 5.41) is 6.20. The standard InChI is InChI=1S/C28H25F3N6O2S/c1-17-12-18(2)25(19(3)13-17)36-27-37(24(38)15-40-27)35-14-20-4-6-21(7-5-20)26(32)34-16-33-22-8-10-23(11-9-22)39-28(29,30)31/h4-14,16H,15H2,1-3H3,(H2,32,33,34). The maximum absolute atomic E-state index is 12.5. The van der Waals surface area contributed by atoms with E-state index in [0.29, 0.717) is 16.4 Å². The van der Waals surface area contributed by atoms with Crippen LogP contribution in [0.3, 0.4) is 0 Å². The van der Waals surface area contributed by atoms with E-state index in [4.69, 9.17) is 10.7 Å². The maximum atomic E-state index is 12.5. The van der Waals surface area contributed by atoms with Crippen molar-refractivity contribution in [3.63, 3.8) is 0 Å². The number of benzene rings is 3. The summed E-state index contributed by atoms with van der Waals surface area (Å²) in [7, 11) is 0. The van der Waals surface area contributed by atoms with Crippen LogP contribution in [0.5, 0.6) is 5.75 Å². The molecule has 206 valence electrons. The van der Waals surface area contributed by atoms with Gasteiger partial charge in [-0.15, -0.1) is 13.2 Å². The molecule has 0 aromatic heterocycles. The monoisotopic (exact) mass is 566 g/mol. The molecule has 1 amide bonds. The molecule has 2 N–H and O–H groups in total. The number of carbonyl (C=O) groups is 1. The zero-order chi connectivity index (χ0) is 28.9. The van der Waals surface area contributed by atoms with Gasteiger partial charge >= 0.3 is 6.36 Å². The van der Waals surface area contributed by atoms with Crippen molar-refractivity contribution < 1.29 is 22.7 Å². The smallest absolute Gasteiger partial charge is 0.406 e. The van der Waals surface area contributed by atoms with Crippen molar-refractivity contribution in [2.45, 2.75) is 27.1 Å². The number of amides is 1. The predicted molar refractivity (Wildman–Crippen MR) is 153 cm³/mol. The molecule has 1 fully saturated rings. The van der Waals surface area contributed by atoms with E-state index in [1.807, 2.05) is 20.8 Å². The Labute approximate surface area is 233 Å². The van der Waals surface area contributed by atoms with Crippen molar-refractivity contribution in [3.8, 4) is 5.75 Å². The Hall–Kier alpha value is -4.45. The number of halogens is 3. The fourth-order valence-electron chi connectivity index (χ4n) is 3.82. The zero-order valence-electron chi connectivity index (χ0n) is 21.8. The highest BCUT2D eigenvalue weighted by molar-refractivity contribution is 8.15. The molecule has 4 rings (SSSR count). The van der Waals surface area contributed by atoms with Gasteiger partial charge in [-0.1, -0.05) is 53.7 Å². The normalized spacial score (nSPS) is 15.7. The molecule has 0 atom stereocenters. The number of aryl methyl sites for hydroxylation is 3. The Balaban J connectivity index is 1.41. The molecule has 3 aromatic carbocycles. The predicted octanol–water partition coefficient (Wildman–Crippen LogP) is 6.17. The number of nitrogens with two attached hydrogens (primary N) is 1. The average Bonchev–Trinajstić information content (AvgIpc) is 3.24. The lowest BCUT2D eigenvalue weighted by atomic mass is 10.1. The molecule has 0 spiro atoms. The number of nitrogens with zero attached hydrogens (tertiary/aromatic N) is 5. The molecule has 3 aromatic rings. The summed E-state index contributed by atoms with van der Waals surface area (Å²) < 4.78 is 40.6. The third-order valence-corrected chi connectivity index (χ3v) is 6.50. The third kappa shape index (κ3) is 7.56. The highest BCUT2D eigenvalue weighted by Crippen LogP contribution is 2.30. The lowest BCUT2D eigenvalue weighted by molar-refractivity contribution is -0.274. The van der Waals surface area contributed by atoms with Gasteiger partial charge in [-0.05, 0) is 61.7 Å². The minimum absolute atomic E-state index is 0.155. The van der Waals surface area contributed by atoms with Crippen LogP contribution < -0.4 is 10.5 Å². The Bertz CT molecular complexity index is 1490. The molecule has 0 unspecified atom stereocenters. The van der Waals surface area contributed by atoms with Crippen LogP contribution in [0.4, 0.5) is 24.5 Å². The first-order chi connectivity index (χ1) is 19.0. The Morgan fingerprint density at radius 3 is 2.30 bits per heavy atom. The van der Waals surface area contributed by atoms with Crippen molar-refractivity contribution in [1.82, 2.24) is 5.01 Å². The summed E-state index contributed by atoms with van der Waals surface area (Å²) in [6.45, 7) is 6.01. The minimum Gasteiger partial charge on any atom is -0.406 e. The number of rotatable bonds is 7. The summed E-state index contributed by atoms with van der Waals surface area (Å²) in [5.74, 6) is -0.0455. The third-order valence-electron chi connectivity index (χ3n) is 5.59. The minimum atomic E-state index is -4.76. The second-order valence-corrected chi connectivity index (χ2v) is 9.75. The number of thioether (sulfide) groups is 1. The van der Waals surface area contributed by atoms with Crippen LogP contribution in [-0.4, -0.2) is 46.6 Å². The van der Waals surface area contributed by atoms with E-state index in [2.05, 4.69) is 32.0 Å². The van der Waals surface area contributed by atoms with Crippen molar-refractivity contribution in [1.29, 1.82) is 0 Å². The van der Waals surface area contributed by atoms with Crippen LogP contribution >= 0.6 is 11.8 Å². The molecule has 1 aliphatic rings. The molecular weight excluding hydrogens is 541 g/mol. The molecule has 0 saturated carbocycles. The largest absolute Gasteiger partial charge is 0.573 e. The van der Waals surface area contributed by atoms with Crippen LogP contribution in [0.1, 0.15) is 27.8 Å². The SMILES string of the molecule is Cc1cc(C)c(N=C2SCC(=O)N2N=Cc2ccc(C(N)=NC=Nc3ccc(OC(F)(F)F)cc3)cc2)c(C)c1. The Morgan fingerprint density at radius 1 is 1.02 bits per heavy atom. The number of hydrogen-bond acceptors (Lipinski definition) is 6. The number of ether oxygens (including phenoxy) is 1. The second-order valence-electron chi connectivity index (χ2n) is 8.80. The van der Waals surface area contributed by atoms with E-state index in [0.717, 1.165) is 40.1 Å². The fourth-order valence-corrected chi connectivity index (χ4v) is 4.63. The van der Waals surface area contributed by atoms with Crippen LogP contribution in [0.15, 0.2) is 80.7 Å². The summed E-state index contributed by atoms with van der Waals surface area (Å²) in [6.07, 6.45) is -1.98. The summed E-state index contributed by atoms with van der Waals surface area (Å²) in [6, 6.07) is 16.2. The second kappa shape index (κ2) is 12.2. The van der Waals surface area contributed by atoms with Crippen molar-refractivity contribution in [2.24, 2.45) is 25.8 Å². The Kier molecular flexibility index (Phi) is 8.68. The van der Waals surface area contributed by atoms with Gasteiger partial charge in [-0.2, -0.15) is 10.1 Å². The average molecular weight is 567 g/mol. The molecule has 0 bridgehead atoms. The van der Waals surface area contributed by atoms with E-state index < -0.39 is 6.36 Å². The van der Waals surface area contributed by atoms with Crippen molar-refractivity contribution >= 4 is 52.6 Å². The molecule has 12 heteroatoms. The number of carbonyl (C=O) groups excluding carboxylic acids is 1. The van der Waals surface area contributed by atoms with Gasteiger partial charge in [0.2, 0.25) is 0 Å². The number of alkyl halides is 3. The fraction of sp³-hybridized carbons (Fsp3) is 0.179. The first kappa shape index (κ1) is 28.6. The van der Waals surface area contributed by atoms with Gasteiger partial charge in [-0.3, -0.25) is 4.79 Å². The van der Waals surface area contributed by atoms with Crippen LogP contribution in [-0.2, 0) is 4.79 Å². The van der Waals surface area contributed by atoms with Gasteiger partial charge in [-0.25, -0.2) is 15.0 Å². The van der Waals surface area contributed by atoms with E-state index in [-0.39, 0.29) is 23.2 Å². The van der Waals surface area contributed by atoms with Crippen LogP contribution in [0.2, 0.25) is 0 Å². The number of aliphatic imine (C=N–C) groups is 3. The molecule has 1 heterocycles. The maximum Gasteiger partial charge on any atom is 0.573 e. The van der Waals surface area contributed by atoms with Gasteiger partial charge in [0.15, 0.2) is 5.17 Å². The molecule has 40 heavy (non-hydrogen) atoms. The van der Waals surface area contributed by atoms with Crippen LogP contribution in [0.25, 0.3) is 0 Å². The van der Waals surface area contributed by atoms with Crippen molar-refractivity contribution in [3.05, 3.63) is 88.5 Å². The van der Waals surface area contributed by atoms with E-state index in [1.165, 1.54) is 35.2 Å². The molecule has 8 nitrogen and oxygen atoms in total. The summed E-state index contributed by atoms with van der Waals surface area (Å²) >= 11 is 1.34. The summed E-state index contributed by atoms with van der Waals surface area (Å²) in [5.41, 5.74) is 11.8. The van der Waals surface area contributed by atoms with Gasteiger partial charge < -0.3 is 10.5 Å². The molecule has 1 aliphatic heterocycles. The summed E-state index contributed by atoms with van der Waals surface area (Å²) in [4.78, 5) is 25.3. The first-order valence-electron chi connectivity index (χ1n) is 12.0. The van der Waals surface area contributed by atoms with E-state index in [9.17, 15) is 18.0 Å². The Morgan fingerprint density at radius 2 is 1.68 bits per heavy atom. The lowest BCUT2D eigenvalue weighted by Crippen LogP contribution is -2.23. The lowest BCUT2D eigenvalue weighted by Gasteiger charge is -2.12. The molecule has 1 saturated heterocycles. The zero-order valence-corrected chi connectivity index (χ0v) is 22.6. The number of amidine groups is 2.